The number of hydrogen-bond acceptors (Lipinski definition) is 1. The number of hydrogen-bond donors (Lipinski definition) is 1. The van der Waals surface area contributed by atoms with Crippen LogP contribution in [-0.2, 0) is 0 Å². The molecule has 0 aromatic heterocycles. The van der Waals surface area contributed by atoms with Gasteiger partial charge in [0.1, 0.15) is 0 Å². The summed E-state index contributed by atoms with van der Waals surface area (Å²) >= 11 is 5.92. The molecule has 2 heteroatoms. The Morgan fingerprint density at radius 2 is 2.00 bits per heavy atom. The van der Waals surface area contributed by atoms with Crippen molar-refractivity contribution >= 4 is 11.6 Å². The molecule has 11 heavy (non-hydrogen) atoms. The fourth-order valence-electron chi connectivity index (χ4n) is 2.14. The van der Waals surface area contributed by atoms with Gasteiger partial charge in [-0.2, -0.15) is 0 Å². The second-order valence-electron chi connectivity index (χ2n) is 4.29. The molecule has 0 heterocycles. The molecule has 0 aromatic carbocycles. The van der Waals surface area contributed by atoms with Crippen LogP contribution < -0.4 is 5.73 Å². The maximum atomic E-state index is 5.92. The number of halogens is 1. The van der Waals surface area contributed by atoms with E-state index in [2.05, 4.69) is 20.8 Å². The molecule has 2 N–H and O–H groups in total. The van der Waals surface area contributed by atoms with Gasteiger partial charge in [-0.05, 0) is 37.1 Å². The largest absolute Gasteiger partial charge is 0.330 e. The van der Waals surface area contributed by atoms with Gasteiger partial charge < -0.3 is 5.73 Å². The Labute approximate surface area is 74.3 Å². The van der Waals surface area contributed by atoms with E-state index in [1.807, 2.05) is 0 Å². The number of rotatable bonds is 3. The van der Waals surface area contributed by atoms with Crippen LogP contribution in [0.2, 0.25) is 0 Å². The molecule has 3 atom stereocenters. The molecule has 1 aliphatic rings. The van der Waals surface area contributed by atoms with Crippen LogP contribution in [-0.4, -0.2) is 11.9 Å². The van der Waals surface area contributed by atoms with Gasteiger partial charge in [0.05, 0.1) is 0 Å². The molecule has 1 saturated carbocycles. The molecule has 0 bridgehead atoms. The first-order chi connectivity index (χ1) is 5.00. The highest BCUT2D eigenvalue weighted by molar-refractivity contribution is 6.20. The van der Waals surface area contributed by atoms with Crippen LogP contribution in [0.5, 0.6) is 0 Å². The van der Waals surface area contributed by atoms with Gasteiger partial charge >= 0.3 is 0 Å². The maximum Gasteiger partial charge on any atom is 0.0310 e. The van der Waals surface area contributed by atoms with Crippen LogP contribution in [0.3, 0.4) is 0 Å². The van der Waals surface area contributed by atoms with E-state index in [-0.39, 0.29) is 0 Å². The van der Waals surface area contributed by atoms with Crippen LogP contribution >= 0.6 is 11.6 Å². The van der Waals surface area contributed by atoms with Crippen molar-refractivity contribution in [3.63, 3.8) is 0 Å². The van der Waals surface area contributed by atoms with Crippen LogP contribution in [0.15, 0.2) is 0 Å². The lowest BCUT2D eigenvalue weighted by atomic mass is 10.1. The molecule has 0 amide bonds. The third-order valence-electron chi connectivity index (χ3n) is 3.12. The fraction of sp³-hybridized carbons (Fsp3) is 1.00. The molecule has 0 spiro atoms. The van der Waals surface area contributed by atoms with Crippen LogP contribution in [0.25, 0.3) is 0 Å². The SMILES string of the molecule is C[C@H](Cl)C[C@H]1[C@@H](CN)C1(C)C. The fourth-order valence-corrected chi connectivity index (χ4v) is 2.34. The van der Waals surface area contributed by atoms with E-state index >= 15 is 0 Å². The lowest BCUT2D eigenvalue weighted by molar-refractivity contribution is 0.521. The highest BCUT2D eigenvalue weighted by Gasteiger charge is 2.56. The summed E-state index contributed by atoms with van der Waals surface area (Å²) in [6.45, 7) is 7.45. The van der Waals surface area contributed by atoms with Crippen LogP contribution in [0.1, 0.15) is 27.2 Å². The van der Waals surface area contributed by atoms with E-state index < -0.39 is 0 Å². The molecule has 0 saturated heterocycles. The van der Waals surface area contributed by atoms with Crippen molar-refractivity contribution in [2.24, 2.45) is 23.0 Å². The summed E-state index contributed by atoms with van der Waals surface area (Å²) in [7, 11) is 0. The molecule has 0 aromatic rings. The van der Waals surface area contributed by atoms with E-state index in [1.165, 1.54) is 0 Å². The molecule has 1 nitrogen and oxygen atoms in total. The van der Waals surface area contributed by atoms with Crippen molar-refractivity contribution < 1.29 is 0 Å². The van der Waals surface area contributed by atoms with Crippen LogP contribution in [0.4, 0.5) is 0 Å². The molecule has 66 valence electrons. The highest BCUT2D eigenvalue weighted by atomic mass is 35.5. The Hall–Kier alpha value is 0.250. The van der Waals surface area contributed by atoms with Crippen molar-refractivity contribution in [3.8, 4) is 0 Å². The summed E-state index contributed by atoms with van der Waals surface area (Å²) in [5.41, 5.74) is 6.09. The van der Waals surface area contributed by atoms with Gasteiger partial charge in [-0.25, -0.2) is 0 Å². The average Bonchev–Trinajstić information content (AvgIpc) is 2.33. The first-order valence-electron chi connectivity index (χ1n) is 4.34. The monoisotopic (exact) mass is 175 g/mol. The minimum atomic E-state index is 0.302. The standard InChI is InChI=1S/C9H18ClN/c1-6(10)4-7-8(5-11)9(7,2)3/h6-8H,4-5,11H2,1-3H3/t6-,7-,8+/m0/s1. The van der Waals surface area contributed by atoms with E-state index in [1.54, 1.807) is 0 Å². The van der Waals surface area contributed by atoms with Crippen LogP contribution in [0, 0.1) is 17.3 Å². The smallest absolute Gasteiger partial charge is 0.0310 e. The zero-order valence-corrected chi connectivity index (χ0v) is 8.36. The summed E-state index contributed by atoms with van der Waals surface area (Å²) in [5.74, 6) is 1.48. The molecule has 0 radical (unpaired) electrons. The van der Waals surface area contributed by atoms with Gasteiger partial charge in [0.2, 0.25) is 0 Å². The Bertz CT molecular complexity index is 142. The summed E-state index contributed by atoms with van der Waals surface area (Å²) in [6.07, 6.45) is 1.12. The molecule has 1 aliphatic carbocycles. The van der Waals surface area contributed by atoms with Gasteiger partial charge in [-0.15, -0.1) is 11.6 Å². The average molecular weight is 176 g/mol. The molecule has 0 unspecified atom stereocenters. The Morgan fingerprint density at radius 3 is 2.27 bits per heavy atom. The topological polar surface area (TPSA) is 26.0 Å². The Morgan fingerprint density at radius 1 is 1.45 bits per heavy atom. The first-order valence-corrected chi connectivity index (χ1v) is 4.78. The minimum Gasteiger partial charge on any atom is -0.330 e. The van der Waals surface area contributed by atoms with Crippen molar-refractivity contribution in [1.29, 1.82) is 0 Å². The highest BCUT2D eigenvalue weighted by Crippen LogP contribution is 2.59. The summed E-state index contributed by atoms with van der Waals surface area (Å²) in [4.78, 5) is 0. The predicted octanol–water partition coefficient (Wildman–Crippen LogP) is 2.23. The zero-order valence-electron chi connectivity index (χ0n) is 7.60. The maximum absolute atomic E-state index is 5.92. The van der Waals surface area contributed by atoms with Gasteiger partial charge in [-0.3, -0.25) is 0 Å². The lowest BCUT2D eigenvalue weighted by Gasteiger charge is -2.03. The van der Waals surface area contributed by atoms with Crippen molar-refractivity contribution in [1.82, 2.24) is 0 Å². The van der Waals surface area contributed by atoms with Crippen molar-refractivity contribution in [3.05, 3.63) is 0 Å². The number of nitrogens with two attached hydrogens (primary N) is 1. The molecular weight excluding hydrogens is 158 g/mol. The van der Waals surface area contributed by atoms with Gasteiger partial charge in [-0.1, -0.05) is 13.8 Å². The first kappa shape index (κ1) is 9.34. The van der Waals surface area contributed by atoms with Crippen molar-refractivity contribution in [2.45, 2.75) is 32.6 Å². The lowest BCUT2D eigenvalue weighted by Crippen LogP contribution is -2.05. The van der Waals surface area contributed by atoms with E-state index in [4.69, 9.17) is 17.3 Å². The summed E-state index contributed by atoms with van der Waals surface area (Å²) in [6, 6.07) is 0. The minimum absolute atomic E-state index is 0.302. The molecule has 1 rings (SSSR count). The third-order valence-corrected chi connectivity index (χ3v) is 3.30. The Balaban J connectivity index is 2.39. The summed E-state index contributed by atoms with van der Waals surface area (Å²) in [5, 5.41) is 0.302. The van der Waals surface area contributed by atoms with Gasteiger partial charge in [0.25, 0.3) is 0 Å². The second-order valence-corrected chi connectivity index (χ2v) is 5.03. The predicted molar refractivity (Wildman–Crippen MR) is 49.7 cm³/mol. The number of alkyl halides is 1. The third kappa shape index (κ3) is 1.70. The molecule has 0 aliphatic heterocycles. The van der Waals surface area contributed by atoms with E-state index in [0.717, 1.165) is 18.9 Å². The quantitative estimate of drug-likeness (QED) is 0.655. The Kier molecular flexibility index (Phi) is 2.50. The second kappa shape index (κ2) is 2.95. The van der Waals surface area contributed by atoms with E-state index in [0.29, 0.717) is 16.7 Å². The zero-order chi connectivity index (χ0) is 8.65. The van der Waals surface area contributed by atoms with E-state index in [9.17, 15) is 0 Å². The molecular formula is C9H18ClN. The van der Waals surface area contributed by atoms with Gasteiger partial charge in [0, 0.05) is 5.38 Å². The summed E-state index contributed by atoms with van der Waals surface area (Å²) < 4.78 is 0. The normalized spacial score (nSPS) is 36.8. The van der Waals surface area contributed by atoms with Gasteiger partial charge in [0.15, 0.2) is 0 Å². The van der Waals surface area contributed by atoms with Crippen molar-refractivity contribution in [2.75, 3.05) is 6.54 Å². The molecule has 1 fully saturated rings.